The topological polar surface area (TPSA) is 88.1 Å². The minimum Gasteiger partial charge on any atom is -0.505 e. The van der Waals surface area contributed by atoms with Crippen molar-refractivity contribution in [3.8, 4) is 5.75 Å². The molecule has 0 aromatic heterocycles. The fourth-order valence-corrected chi connectivity index (χ4v) is 2.32. The largest absolute Gasteiger partial charge is 0.505 e. The van der Waals surface area contributed by atoms with Gasteiger partial charge < -0.3 is 24.8 Å². The first-order chi connectivity index (χ1) is 11.9. The van der Waals surface area contributed by atoms with Crippen LogP contribution >= 0.6 is 0 Å². The molecule has 0 fully saturated rings. The van der Waals surface area contributed by atoms with Gasteiger partial charge in [0.2, 0.25) is 0 Å². The summed E-state index contributed by atoms with van der Waals surface area (Å²) in [5.41, 5.74) is 1.23. The number of methoxy groups -OCH3 is 1. The Morgan fingerprint density at radius 2 is 2.00 bits per heavy atom. The molecule has 2 N–H and O–H groups in total. The van der Waals surface area contributed by atoms with Crippen molar-refractivity contribution < 1.29 is 24.2 Å². The van der Waals surface area contributed by atoms with Gasteiger partial charge in [0.1, 0.15) is 11.5 Å². The molecule has 0 spiro atoms. The maximum Gasteiger partial charge on any atom is 0.337 e. The van der Waals surface area contributed by atoms with Gasteiger partial charge in [-0.05, 0) is 30.7 Å². The number of aliphatic hydroxyl groups excluding tert-OH is 1. The molecule has 7 heteroatoms. The van der Waals surface area contributed by atoms with Crippen LogP contribution in [-0.4, -0.2) is 55.7 Å². The third-order valence-electron chi connectivity index (χ3n) is 3.84. The van der Waals surface area contributed by atoms with Crippen LogP contribution in [0.25, 0.3) is 0 Å². The lowest BCUT2D eigenvalue weighted by Gasteiger charge is -2.11. The molecule has 0 saturated heterocycles. The molecule has 2 rings (SSSR count). The summed E-state index contributed by atoms with van der Waals surface area (Å²) in [5, 5.41) is 12.6. The molecule has 1 heterocycles. The van der Waals surface area contributed by atoms with Crippen molar-refractivity contribution in [1.29, 1.82) is 0 Å². The lowest BCUT2D eigenvalue weighted by Crippen LogP contribution is -2.29. The van der Waals surface area contributed by atoms with Crippen LogP contribution in [0.4, 0.5) is 0 Å². The normalized spacial score (nSPS) is 13.8. The second-order valence-corrected chi connectivity index (χ2v) is 5.60. The number of hydrogen-bond acceptors (Lipinski definition) is 6. The van der Waals surface area contributed by atoms with Gasteiger partial charge in [-0.15, -0.1) is 0 Å². The summed E-state index contributed by atoms with van der Waals surface area (Å²) in [7, 11) is 3.09. The van der Waals surface area contributed by atoms with E-state index in [-0.39, 0.29) is 11.7 Å². The maximum atomic E-state index is 12.0. The van der Waals surface area contributed by atoms with Crippen molar-refractivity contribution >= 4 is 11.9 Å². The molecule has 0 bridgehead atoms. The molecule has 7 nitrogen and oxygen atoms in total. The third-order valence-corrected chi connectivity index (χ3v) is 3.84. The van der Waals surface area contributed by atoms with Gasteiger partial charge in [-0.25, -0.2) is 4.79 Å². The molecule has 1 aromatic rings. The summed E-state index contributed by atoms with van der Waals surface area (Å²) < 4.78 is 10.2. The highest BCUT2D eigenvalue weighted by Crippen LogP contribution is 2.22. The number of aliphatic hydroxyl groups is 1. The van der Waals surface area contributed by atoms with E-state index in [0.717, 1.165) is 0 Å². The summed E-state index contributed by atoms with van der Waals surface area (Å²) in [6, 6.07) is 6.63. The number of nitrogens with one attached hydrogen (secondary N) is 1. The highest BCUT2D eigenvalue weighted by molar-refractivity contribution is 5.95. The van der Waals surface area contributed by atoms with E-state index in [0.29, 0.717) is 48.7 Å². The number of carbonyl (C=O) groups excluding carboxylic acids is 2. The van der Waals surface area contributed by atoms with Crippen LogP contribution in [0.3, 0.4) is 0 Å². The minimum absolute atomic E-state index is 0.0538. The van der Waals surface area contributed by atoms with Crippen LogP contribution < -0.4 is 10.1 Å². The number of likely N-dealkylation sites (N-methyl/N-ethyl adjacent to an activating group) is 1. The Hall–Kier alpha value is -2.96. The van der Waals surface area contributed by atoms with Crippen LogP contribution in [0.2, 0.25) is 0 Å². The van der Waals surface area contributed by atoms with Crippen molar-refractivity contribution in [1.82, 2.24) is 10.2 Å². The second kappa shape index (κ2) is 8.23. The van der Waals surface area contributed by atoms with Crippen molar-refractivity contribution in [2.75, 3.05) is 33.9 Å². The number of amides is 1. The standard InChI is InChI=1S/C18H22N2O5/c1-12-16(21)15(11-20(12)2)17(22)19-9-4-10-25-14-7-5-13(6-8-14)18(23)24-3/h5-8,21H,1,4,9-11H2,2-3H3,(H,19,22). The Morgan fingerprint density at radius 3 is 2.56 bits per heavy atom. The first-order valence-corrected chi connectivity index (χ1v) is 7.86. The minimum atomic E-state index is -0.396. The predicted octanol–water partition coefficient (Wildman–Crippen LogP) is 1.63. The summed E-state index contributed by atoms with van der Waals surface area (Å²) >= 11 is 0. The molecule has 134 valence electrons. The van der Waals surface area contributed by atoms with Crippen LogP contribution in [0, 0.1) is 0 Å². The maximum absolute atomic E-state index is 12.0. The molecule has 0 unspecified atom stereocenters. The van der Waals surface area contributed by atoms with E-state index < -0.39 is 5.97 Å². The van der Waals surface area contributed by atoms with E-state index in [2.05, 4.69) is 16.6 Å². The van der Waals surface area contributed by atoms with E-state index in [9.17, 15) is 14.7 Å². The molecular weight excluding hydrogens is 324 g/mol. The zero-order chi connectivity index (χ0) is 18.4. The summed E-state index contributed by atoms with van der Waals surface area (Å²) in [4.78, 5) is 25.1. The number of rotatable bonds is 7. The van der Waals surface area contributed by atoms with E-state index >= 15 is 0 Å². The molecule has 1 aliphatic rings. The average molecular weight is 346 g/mol. The summed E-state index contributed by atoms with van der Waals surface area (Å²) in [5.74, 6) is -0.118. The number of nitrogens with zero attached hydrogens (tertiary/aromatic N) is 1. The number of esters is 1. The Balaban J connectivity index is 1.71. The smallest absolute Gasteiger partial charge is 0.337 e. The fraction of sp³-hybridized carbons (Fsp3) is 0.333. The fourth-order valence-electron chi connectivity index (χ4n) is 2.32. The van der Waals surface area contributed by atoms with E-state index in [1.807, 2.05) is 0 Å². The molecule has 1 aromatic carbocycles. The molecule has 0 saturated carbocycles. The first-order valence-electron chi connectivity index (χ1n) is 7.86. The average Bonchev–Trinajstić information content (AvgIpc) is 2.88. The molecule has 0 aliphatic carbocycles. The van der Waals surface area contributed by atoms with Gasteiger partial charge in [0, 0.05) is 13.6 Å². The molecule has 0 radical (unpaired) electrons. The summed E-state index contributed by atoms with van der Waals surface area (Å²) in [6.45, 7) is 4.89. The second-order valence-electron chi connectivity index (χ2n) is 5.60. The van der Waals surface area contributed by atoms with Gasteiger partial charge in [0.25, 0.3) is 5.91 Å². The molecule has 25 heavy (non-hydrogen) atoms. The lowest BCUT2D eigenvalue weighted by atomic mass is 10.2. The Morgan fingerprint density at radius 1 is 1.32 bits per heavy atom. The van der Waals surface area contributed by atoms with Crippen LogP contribution in [0.15, 0.2) is 47.9 Å². The molecule has 1 aliphatic heterocycles. The van der Waals surface area contributed by atoms with Crippen LogP contribution in [0.1, 0.15) is 16.8 Å². The van der Waals surface area contributed by atoms with Crippen molar-refractivity contribution in [2.45, 2.75) is 6.42 Å². The quantitative estimate of drug-likeness (QED) is 0.576. The van der Waals surface area contributed by atoms with Gasteiger partial charge in [-0.3, -0.25) is 4.79 Å². The van der Waals surface area contributed by atoms with E-state index in [1.165, 1.54) is 7.11 Å². The Labute approximate surface area is 146 Å². The van der Waals surface area contributed by atoms with E-state index in [1.54, 1.807) is 36.2 Å². The highest BCUT2D eigenvalue weighted by Gasteiger charge is 2.26. The first kappa shape index (κ1) is 18.4. The SMILES string of the molecule is C=C1C(O)=C(C(=O)NCCCOc2ccc(C(=O)OC)cc2)CN1C. The van der Waals surface area contributed by atoms with Crippen molar-refractivity contribution in [3.63, 3.8) is 0 Å². The molecular formula is C18H22N2O5. The Bertz CT molecular complexity index is 694. The van der Waals surface area contributed by atoms with Gasteiger partial charge in [0.15, 0.2) is 0 Å². The van der Waals surface area contributed by atoms with Gasteiger partial charge in [-0.1, -0.05) is 6.58 Å². The van der Waals surface area contributed by atoms with Crippen LogP contribution in [-0.2, 0) is 9.53 Å². The number of ether oxygens (including phenoxy) is 2. The zero-order valence-corrected chi connectivity index (χ0v) is 14.4. The van der Waals surface area contributed by atoms with Crippen molar-refractivity contribution in [2.24, 2.45) is 0 Å². The lowest BCUT2D eigenvalue weighted by molar-refractivity contribution is -0.117. The number of benzene rings is 1. The van der Waals surface area contributed by atoms with Gasteiger partial charge >= 0.3 is 5.97 Å². The van der Waals surface area contributed by atoms with Gasteiger partial charge in [-0.2, -0.15) is 0 Å². The predicted molar refractivity (Wildman–Crippen MR) is 92.3 cm³/mol. The van der Waals surface area contributed by atoms with E-state index in [4.69, 9.17) is 4.74 Å². The number of hydrogen-bond donors (Lipinski definition) is 2. The zero-order valence-electron chi connectivity index (χ0n) is 14.4. The summed E-state index contributed by atoms with van der Waals surface area (Å²) in [6.07, 6.45) is 0.606. The monoisotopic (exact) mass is 346 g/mol. The van der Waals surface area contributed by atoms with Crippen molar-refractivity contribution in [3.05, 3.63) is 53.4 Å². The Kier molecular flexibility index (Phi) is 6.05. The third kappa shape index (κ3) is 4.53. The highest BCUT2D eigenvalue weighted by atomic mass is 16.5. The number of carbonyl (C=O) groups is 2. The van der Waals surface area contributed by atoms with Crippen LogP contribution in [0.5, 0.6) is 5.75 Å². The molecule has 0 atom stereocenters. The molecule has 1 amide bonds. The van der Waals surface area contributed by atoms with Gasteiger partial charge in [0.05, 0.1) is 37.1 Å².